The third-order valence-corrected chi connectivity index (χ3v) is 2.47. The number of anilines is 1. The summed E-state index contributed by atoms with van der Waals surface area (Å²) in [6.45, 7) is 3.06. The fourth-order valence-corrected chi connectivity index (χ4v) is 1.47. The number of rotatable bonds is 5. The molecule has 1 aromatic carbocycles. The molecule has 0 aromatic heterocycles. The van der Waals surface area contributed by atoms with Crippen molar-refractivity contribution in [1.29, 1.82) is 0 Å². The second-order valence-corrected chi connectivity index (χ2v) is 4.20. The fourth-order valence-electron chi connectivity index (χ4n) is 1.47. The first-order valence-corrected chi connectivity index (χ1v) is 5.94. The van der Waals surface area contributed by atoms with Gasteiger partial charge in [-0.15, -0.1) is 0 Å². The topological polar surface area (TPSA) is 95.5 Å². The Bertz CT molecular complexity index is 564. The van der Waals surface area contributed by atoms with Gasteiger partial charge < -0.3 is 15.7 Å². The largest absolute Gasteiger partial charge is 0.478 e. The van der Waals surface area contributed by atoms with Crippen molar-refractivity contribution in [3.05, 3.63) is 35.4 Å². The predicted molar refractivity (Wildman–Crippen MR) is 75.2 cm³/mol. The van der Waals surface area contributed by atoms with Crippen LogP contribution in [0.3, 0.4) is 0 Å². The summed E-state index contributed by atoms with van der Waals surface area (Å²) < 4.78 is 0. The Morgan fingerprint density at radius 3 is 2.60 bits per heavy atom. The summed E-state index contributed by atoms with van der Waals surface area (Å²) >= 11 is 0. The van der Waals surface area contributed by atoms with E-state index < -0.39 is 5.97 Å². The molecule has 0 saturated carbocycles. The minimum absolute atomic E-state index is 0.108. The van der Waals surface area contributed by atoms with Crippen molar-refractivity contribution in [3.63, 3.8) is 0 Å². The summed E-state index contributed by atoms with van der Waals surface area (Å²) in [5.74, 6) is -1.67. The number of carbonyl (C=O) groups is 3. The van der Waals surface area contributed by atoms with Crippen LogP contribution in [-0.4, -0.2) is 29.4 Å². The number of amides is 2. The number of aryl methyl sites for hydroxylation is 1. The van der Waals surface area contributed by atoms with Crippen LogP contribution in [0.15, 0.2) is 24.3 Å². The van der Waals surface area contributed by atoms with E-state index >= 15 is 0 Å². The van der Waals surface area contributed by atoms with Gasteiger partial charge in [0.1, 0.15) is 0 Å². The Labute approximate surface area is 116 Å². The number of benzene rings is 1. The molecule has 6 nitrogen and oxygen atoms in total. The lowest BCUT2D eigenvalue weighted by Crippen LogP contribution is -2.31. The van der Waals surface area contributed by atoms with Gasteiger partial charge in [0.25, 0.3) is 0 Å². The molecule has 0 radical (unpaired) electrons. The summed E-state index contributed by atoms with van der Waals surface area (Å²) in [6.07, 6.45) is 2.49. The van der Waals surface area contributed by atoms with Gasteiger partial charge in [-0.2, -0.15) is 0 Å². The number of nitrogens with one attached hydrogen (secondary N) is 2. The minimum atomic E-state index is -1.04. The van der Waals surface area contributed by atoms with E-state index in [1.807, 2.05) is 6.92 Å². The molecule has 0 aliphatic heterocycles. The second-order valence-electron chi connectivity index (χ2n) is 4.20. The summed E-state index contributed by atoms with van der Waals surface area (Å²) in [4.78, 5) is 32.7. The summed E-state index contributed by atoms with van der Waals surface area (Å²) in [5.41, 5.74) is 2.13. The summed E-state index contributed by atoms with van der Waals surface area (Å²) in [7, 11) is 0. The molecule has 0 bridgehead atoms. The van der Waals surface area contributed by atoms with Crippen molar-refractivity contribution < 1.29 is 19.5 Å². The smallest absolute Gasteiger partial charge is 0.328 e. The molecule has 0 aliphatic carbocycles. The molecule has 2 amide bonds. The predicted octanol–water partition coefficient (Wildman–Crippen LogP) is 1.17. The average Bonchev–Trinajstić information content (AvgIpc) is 2.37. The van der Waals surface area contributed by atoms with Crippen LogP contribution in [0.5, 0.6) is 0 Å². The molecule has 0 aliphatic rings. The van der Waals surface area contributed by atoms with Crippen molar-refractivity contribution >= 4 is 29.5 Å². The van der Waals surface area contributed by atoms with Gasteiger partial charge in [0.15, 0.2) is 0 Å². The number of carboxylic acid groups (broad SMARTS) is 1. The lowest BCUT2D eigenvalue weighted by atomic mass is 10.1. The van der Waals surface area contributed by atoms with E-state index in [1.165, 1.54) is 13.0 Å². The maximum Gasteiger partial charge on any atom is 0.328 e. The zero-order valence-electron chi connectivity index (χ0n) is 11.3. The van der Waals surface area contributed by atoms with Crippen LogP contribution in [0.25, 0.3) is 6.08 Å². The number of carbonyl (C=O) groups excluding carboxylic acids is 2. The third kappa shape index (κ3) is 5.34. The molecule has 0 atom stereocenters. The normalized spacial score (nSPS) is 10.3. The Morgan fingerprint density at radius 1 is 1.30 bits per heavy atom. The zero-order chi connectivity index (χ0) is 15.1. The van der Waals surface area contributed by atoms with Gasteiger partial charge in [-0.25, -0.2) is 4.79 Å². The average molecular weight is 276 g/mol. The Morgan fingerprint density at radius 2 is 2.00 bits per heavy atom. The number of hydrogen-bond donors (Lipinski definition) is 3. The highest BCUT2D eigenvalue weighted by Crippen LogP contribution is 2.16. The Hall–Kier alpha value is -2.63. The van der Waals surface area contributed by atoms with E-state index in [0.29, 0.717) is 11.3 Å². The summed E-state index contributed by atoms with van der Waals surface area (Å²) in [6, 6.07) is 5.15. The Kier molecular flexibility index (Phi) is 5.46. The van der Waals surface area contributed by atoms with Crippen LogP contribution in [-0.2, 0) is 14.4 Å². The van der Waals surface area contributed by atoms with E-state index in [0.717, 1.165) is 11.6 Å². The van der Waals surface area contributed by atoms with E-state index in [4.69, 9.17) is 5.11 Å². The van der Waals surface area contributed by atoms with Crippen LogP contribution in [0, 0.1) is 6.92 Å². The fraction of sp³-hybridized carbons (Fsp3) is 0.214. The molecule has 0 spiro atoms. The highest BCUT2D eigenvalue weighted by atomic mass is 16.4. The molecule has 0 unspecified atom stereocenters. The second kappa shape index (κ2) is 7.08. The molecule has 1 rings (SSSR count). The quantitative estimate of drug-likeness (QED) is 0.703. The van der Waals surface area contributed by atoms with E-state index in [2.05, 4.69) is 10.6 Å². The van der Waals surface area contributed by atoms with Crippen molar-refractivity contribution in [2.24, 2.45) is 0 Å². The zero-order valence-corrected chi connectivity index (χ0v) is 11.3. The van der Waals surface area contributed by atoms with Crippen LogP contribution in [0.4, 0.5) is 5.69 Å². The molecule has 20 heavy (non-hydrogen) atoms. The lowest BCUT2D eigenvalue weighted by molar-refractivity contribution is -0.131. The van der Waals surface area contributed by atoms with E-state index in [1.54, 1.807) is 18.2 Å². The molecule has 0 fully saturated rings. The van der Waals surface area contributed by atoms with Gasteiger partial charge in [0.2, 0.25) is 11.8 Å². The maximum absolute atomic E-state index is 11.5. The van der Waals surface area contributed by atoms with E-state index in [9.17, 15) is 14.4 Å². The van der Waals surface area contributed by atoms with Gasteiger partial charge in [0, 0.05) is 18.7 Å². The van der Waals surface area contributed by atoms with Crippen molar-refractivity contribution in [3.8, 4) is 0 Å². The molecule has 3 N–H and O–H groups in total. The van der Waals surface area contributed by atoms with Gasteiger partial charge >= 0.3 is 5.97 Å². The first kappa shape index (κ1) is 15.4. The molecule has 0 heterocycles. The molecule has 0 saturated heterocycles. The van der Waals surface area contributed by atoms with Crippen LogP contribution >= 0.6 is 0 Å². The van der Waals surface area contributed by atoms with Gasteiger partial charge in [-0.3, -0.25) is 9.59 Å². The SMILES string of the molecule is CC(=O)NCC(=O)Nc1ccc(C)c(C=CC(=O)O)c1. The van der Waals surface area contributed by atoms with Crippen LogP contribution < -0.4 is 10.6 Å². The monoisotopic (exact) mass is 276 g/mol. The molecular weight excluding hydrogens is 260 g/mol. The number of aliphatic carboxylic acids is 1. The van der Waals surface area contributed by atoms with E-state index in [-0.39, 0.29) is 18.4 Å². The Balaban J connectivity index is 2.77. The maximum atomic E-state index is 11.5. The number of hydrogen-bond acceptors (Lipinski definition) is 3. The van der Waals surface area contributed by atoms with Crippen LogP contribution in [0.2, 0.25) is 0 Å². The van der Waals surface area contributed by atoms with Crippen molar-refractivity contribution in [1.82, 2.24) is 5.32 Å². The number of carboxylic acids is 1. The highest BCUT2D eigenvalue weighted by Gasteiger charge is 2.04. The highest BCUT2D eigenvalue weighted by molar-refractivity contribution is 5.94. The van der Waals surface area contributed by atoms with Gasteiger partial charge in [0.05, 0.1) is 6.54 Å². The standard InChI is InChI=1S/C14H16N2O4/c1-9-3-5-12(7-11(9)4-6-14(19)20)16-13(18)8-15-10(2)17/h3-7H,8H2,1-2H3,(H,15,17)(H,16,18)(H,19,20). The van der Waals surface area contributed by atoms with Gasteiger partial charge in [-0.1, -0.05) is 6.07 Å². The molecular formula is C14H16N2O4. The van der Waals surface area contributed by atoms with Crippen molar-refractivity contribution in [2.45, 2.75) is 13.8 Å². The molecule has 1 aromatic rings. The van der Waals surface area contributed by atoms with Crippen molar-refractivity contribution in [2.75, 3.05) is 11.9 Å². The molecule has 6 heteroatoms. The minimum Gasteiger partial charge on any atom is -0.478 e. The first-order valence-electron chi connectivity index (χ1n) is 5.94. The molecule has 106 valence electrons. The first-order chi connectivity index (χ1) is 9.38. The van der Waals surface area contributed by atoms with Crippen LogP contribution in [0.1, 0.15) is 18.1 Å². The summed E-state index contributed by atoms with van der Waals surface area (Å²) in [5, 5.41) is 13.6. The lowest BCUT2D eigenvalue weighted by Gasteiger charge is -2.08. The third-order valence-electron chi connectivity index (χ3n) is 2.47. The van der Waals surface area contributed by atoms with Gasteiger partial charge in [-0.05, 0) is 36.3 Å².